The molecule has 0 aliphatic rings. The molecule has 222 valence electrons. The maximum atomic E-state index is 14.2. The molecule has 0 aliphatic carbocycles. The van der Waals surface area contributed by atoms with E-state index in [-0.39, 0.29) is 11.1 Å². The van der Waals surface area contributed by atoms with Gasteiger partial charge in [-0.25, -0.2) is 9.36 Å². The highest BCUT2D eigenvalue weighted by atomic mass is 16.5. The normalized spacial score (nSPS) is 11.2. The van der Waals surface area contributed by atoms with Crippen molar-refractivity contribution in [2.45, 2.75) is 33.3 Å². The average molecular weight is 587 g/mol. The Labute approximate surface area is 255 Å². The molecule has 8 heteroatoms. The molecular weight excluding hydrogens is 552 g/mol. The molecule has 0 spiro atoms. The van der Waals surface area contributed by atoms with Crippen LogP contribution in [0.2, 0.25) is 0 Å². The van der Waals surface area contributed by atoms with Gasteiger partial charge in [0, 0.05) is 17.3 Å². The van der Waals surface area contributed by atoms with Gasteiger partial charge in [0.2, 0.25) is 0 Å². The van der Waals surface area contributed by atoms with E-state index in [2.05, 4.69) is 10.2 Å². The van der Waals surface area contributed by atoms with Crippen LogP contribution >= 0.6 is 0 Å². The predicted molar refractivity (Wildman–Crippen MR) is 172 cm³/mol. The van der Waals surface area contributed by atoms with Crippen LogP contribution in [0.3, 0.4) is 0 Å². The minimum atomic E-state index is -0.695. The van der Waals surface area contributed by atoms with Crippen molar-refractivity contribution < 1.29 is 9.47 Å². The van der Waals surface area contributed by atoms with Crippen LogP contribution in [0.15, 0.2) is 119 Å². The quantitative estimate of drug-likeness (QED) is 0.194. The van der Waals surface area contributed by atoms with Crippen molar-refractivity contribution in [3.05, 3.63) is 164 Å². The van der Waals surface area contributed by atoms with Crippen LogP contribution in [0.4, 0.5) is 0 Å². The van der Waals surface area contributed by atoms with E-state index in [1.807, 2.05) is 130 Å². The Kier molecular flexibility index (Phi) is 8.06. The summed E-state index contributed by atoms with van der Waals surface area (Å²) in [5.41, 5.74) is 5.01. The molecule has 0 atom stereocenters. The number of nitrogens with one attached hydrogen (secondary N) is 2. The number of aryl methyl sites for hydroxylation is 2. The molecule has 2 aromatic heterocycles. The van der Waals surface area contributed by atoms with Crippen molar-refractivity contribution in [2.75, 3.05) is 6.61 Å². The number of aromatic nitrogens is 4. The van der Waals surface area contributed by atoms with E-state index in [0.29, 0.717) is 58.6 Å². The molecule has 0 fully saturated rings. The van der Waals surface area contributed by atoms with Gasteiger partial charge in [-0.1, -0.05) is 72.8 Å². The van der Waals surface area contributed by atoms with E-state index in [1.165, 1.54) is 9.36 Å². The minimum Gasteiger partial charge on any atom is -0.490 e. The van der Waals surface area contributed by atoms with E-state index in [0.717, 1.165) is 11.1 Å². The first kappa shape index (κ1) is 28.6. The van der Waals surface area contributed by atoms with E-state index in [4.69, 9.17) is 9.47 Å². The molecule has 2 N–H and O–H groups in total. The van der Waals surface area contributed by atoms with E-state index in [1.54, 1.807) is 0 Å². The SMILES string of the molecule is CCOc1cc(C(c2c(C)[nH]n(-c3ccccc3)c2=O)c2c(C)[nH]n(-c3ccccc3)c2=O)ccc1OCc1ccccc1. The van der Waals surface area contributed by atoms with Crippen molar-refractivity contribution >= 4 is 0 Å². The van der Waals surface area contributed by atoms with Gasteiger partial charge in [0.1, 0.15) is 6.61 Å². The molecule has 6 aromatic rings. The monoisotopic (exact) mass is 586 g/mol. The number of H-pyrrole nitrogens is 2. The van der Waals surface area contributed by atoms with Gasteiger partial charge in [-0.3, -0.25) is 19.8 Å². The molecule has 0 amide bonds. The van der Waals surface area contributed by atoms with Crippen LogP contribution in [-0.4, -0.2) is 26.2 Å². The summed E-state index contributed by atoms with van der Waals surface area (Å²) in [4.78, 5) is 28.3. The highest BCUT2D eigenvalue weighted by Gasteiger charge is 2.31. The Morgan fingerprint density at radius 3 is 1.64 bits per heavy atom. The Morgan fingerprint density at radius 1 is 0.636 bits per heavy atom. The first-order chi connectivity index (χ1) is 21.5. The van der Waals surface area contributed by atoms with Gasteiger partial charge in [-0.15, -0.1) is 0 Å². The van der Waals surface area contributed by atoms with Gasteiger partial charge in [0.15, 0.2) is 11.5 Å². The lowest BCUT2D eigenvalue weighted by Gasteiger charge is -2.19. The molecular formula is C36H34N4O4. The highest BCUT2D eigenvalue weighted by molar-refractivity contribution is 5.52. The van der Waals surface area contributed by atoms with Gasteiger partial charge in [0.25, 0.3) is 11.1 Å². The van der Waals surface area contributed by atoms with Crippen LogP contribution in [0.1, 0.15) is 46.5 Å². The molecule has 8 nitrogen and oxygen atoms in total. The molecule has 44 heavy (non-hydrogen) atoms. The number of ether oxygens (including phenoxy) is 2. The Balaban J connectivity index is 1.52. The van der Waals surface area contributed by atoms with Crippen LogP contribution in [0, 0.1) is 13.8 Å². The van der Waals surface area contributed by atoms with Gasteiger partial charge in [0.05, 0.1) is 29.1 Å². The molecule has 0 radical (unpaired) electrons. The fourth-order valence-corrected chi connectivity index (χ4v) is 5.62. The Morgan fingerprint density at radius 2 is 1.14 bits per heavy atom. The van der Waals surface area contributed by atoms with E-state index < -0.39 is 5.92 Å². The number of benzene rings is 4. The second kappa shape index (κ2) is 12.4. The maximum Gasteiger partial charge on any atom is 0.275 e. The summed E-state index contributed by atoms with van der Waals surface area (Å²) in [7, 11) is 0. The second-order valence-corrected chi connectivity index (χ2v) is 10.6. The van der Waals surface area contributed by atoms with Crippen LogP contribution in [0.5, 0.6) is 11.5 Å². The lowest BCUT2D eigenvalue weighted by Crippen LogP contribution is -2.25. The third kappa shape index (κ3) is 5.49. The molecule has 6 rings (SSSR count). The lowest BCUT2D eigenvalue weighted by molar-refractivity contribution is 0.269. The third-order valence-electron chi connectivity index (χ3n) is 7.68. The summed E-state index contributed by atoms with van der Waals surface area (Å²) in [5, 5.41) is 6.49. The fraction of sp³-hybridized carbons (Fsp3) is 0.167. The third-order valence-corrected chi connectivity index (χ3v) is 7.68. The molecule has 4 aromatic carbocycles. The Bertz CT molecular complexity index is 1890. The lowest BCUT2D eigenvalue weighted by atomic mass is 9.85. The first-order valence-corrected chi connectivity index (χ1v) is 14.6. The molecule has 0 saturated heterocycles. The van der Waals surface area contributed by atoms with Gasteiger partial charge >= 0.3 is 0 Å². The zero-order valence-electron chi connectivity index (χ0n) is 24.9. The molecule has 0 aliphatic heterocycles. The highest BCUT2D eigenvalue weighted by Crippen LogP contribution is 2.38. The van der Waals surface area contributed by atoms with Crippen molar-refractivity contribution in [1.82, 2.24) is 19.6 Å². The number of aromatic amines is 2. The van der Waals surface area contributed by atoms with Gasteiger partial charge in [-0.2, -0.15) is 0 Å². The van der Waals surface area contributed by atoms with Crippen LogP contribution in [-0.2, 0) is 6.61 Å². The zero-order valence-corrected chi connectivity index (χ0v) is 24.9. The largest absolute Gasteiger partial charge is 0.490 e. The van der Waals surface area contributed by atoms with E-state index in [9.17, 15) is 9.59 Å². The Hall–Kier alpha value is -5.50. The topological polar surface area (TPSA) is 94.0 Å². The van der Waals surface area contributed by atoms with E-state index >= 15 is 0 Å². The fourth-order valence-electron chi connectivity index (χ4n) is 5.62. The number of hydrogen-bond acceptors (Lipinski definition) is 4. The summed E-state index contributed by atoms with van der Waals surface area (Å²) in [6, 6.07) is 34.4. The van der Waals surface area contributed by atoms with Gasteiger partial charge in [-0.05, 0) is 68.3 Å². The second-order valence-electron chi connectivity index (χ2n) is 10.6. The van der Waals surface area contributed by atoms with Crippen molar-refractivity contribution in [2.24, 2.45) is 0 Å². The number of rotatable bonds is 10. The van der Waals surface area contributed by atoms with Crippen LogP contribution < -0.4 is 20.6 Å². The number of para-hydroxylation sites is 2. The smallest absolute Gasteiger partial charge is 0.275 e. The summed E-state index contributed by atoms with van der Waals surface area (Å²) in [5.74, 6) is 0.428. The zero-order chi connectivity index (χ0) is 30.6. The van der Waals surface area contributed by atoms with Crippen molar-refractivity contribution in [1.29, 1.82) is 0 Å². The molecule has 0 bridgehead atoms. The summed E-state index contributed by atoms with van der Waals surface area (Å²) in [6.07, 6.45) is 0. The summed E-state index contributed by atoms with van der Waals surface area (Å²) in [6.45, 7) is 6.43. The first-order valence-electron chi connectivity index (χ1n) is 14.6. The number of hydrogen-bond donors (Lipinski definition) is 2. The van der Waals surface area contributed by atoms with Crippen molar-refractivity contribution in [3.8, 4) is 22.9 Å². The van der Waals surface area contributed by atoms with Gasteiger partial charge < -0.3 is 9.47 Å². The average Bonchev–Trinajstić information content (AvgIpc) is 3.52. The maximum absolute atomic E-state index is 14.2. The molecule has 0 unspecified atom stereocenters. The molecule has 2 heterocycles. The summed E-state index contributed by atoms with van der Waals surface area (Å²) >= 11 is 0. The minimum absolute atomic E-state index is 0.229. The molecule has 0 saturated carbocycles. The number of nitrogens with zero attached hydrogens (tertiary/aromatic N) is 2. The van der Waals surface area contributed by atoms with Crippen molar-refractivity contribution in [3.63, 3.8) is 0 Å². The summed E-state index contributed by atoms with van der Waals surface area (Å²) < 4.78 is 15.3. The predicted octanol–water partition coefficient (Wildman–Crippen LogP) is 6.42. The standard InChI is InChI=1S/C36H34N4O4/c1-4-43-31-22-27(20-21-30(31)44-23-26-14-8-5-9-15-26)34(32-24(2)37-39(35(32)41)28-16-10-6-11-17-28)33-25(3)38-40(36(33)42)29-18-12-7-13-19-29/h5-22,34,37-38H,4,23H2,1-3H3. The van der Waals surface area contributed by atoms with Crippen LogP contribution in [0.25, 0.3) is 11.4 Å².